The molecule has 1 unspecified atom stereocenters. The minimum Gasteiger partial charge on any atom is -0.396 e. The molecule has 0 aromatic carbocycles. The highest BCUT2D eigenvalue weighted by Crippen LogP contribution is 2.44. The molecular weight excluding hydrogens is 242 g/mol. The van der Waals surface area contributed by atoms with E-state index in [0.29, 0.717) is 6.54 Å². The first-order valence-electron chi connectivity index (χ1n) is 7.69. The molecule has 0 heterocycles. The van der Waals surface area contributed by atoms with Crippen LogP contribution in [0.1, 0.15) is 58.3 Å². The predicted octanol–water partition coefficient (Wildman–Crippen LogP) is 2.00. The van der Waals surface area contributed by atoms with Crippen molar-refractivity contribution in [2.24, 2.45) is 5.41 Å². The Labute approximate surface area is 115 Å². The molecule has 4 nitrogen and oxygen atoms in total. The van der Waals surface area contributed by atoms with Crippen LogP contribution in [0.25, 0.3) is 0 Å². The van der Waals surface area contributed by atoms with E-state index in [1.807, 2.05) is 6.92 Å². The Bertz CT molecular complexity index is 294. The lowest BCUT2D eigenvalue weighted by atomic mass is 10.1. The minimum absolute atomic E-state index is 0.0301. The number of carbonyl (C=O) groups is 1. The van der Waals surface area contributed by atoms with Crippen LogP contribution < -0.4 is 5.32 Å². The summed E-state index contributed by atoms with van der Waals surface area (Å²) in [5, 5.41) is 12.1. The fourth-order valence-electron chi connectivity index (χ4n) is 2.71. The molecule has 1 atom stereocenters. The van der Waals surface area contributed by atoms with Gasteiger partial charge >= 0.3 is 0 Å². The van der Waals surface area contributed by atoms with Gasteiger partial charge < -0.3 is 15.2 Å². The van der Waals surface area contributed by atoms with Crippen LogP contribution in [0.2, 0.25) is 0 Å². The molecule has 2 aliphatic rings. The van der Waals surface area contributed by atoms with E-state index in [1.54, 1.807) is 0 Å². The van der Waals surface area contributed by atoms with Crippen molar-refractivity contribution in [3.63, 3.8) is 0 Å². The number of hydrogen-bond acceptors (Lipinski definition) is 3. The molecule has 2 rings (SSSR count). The predicted molar refractivity (Wildman–Crippen MR) is 73.8 cm³/mol. The maximum atomic E-state index is 12.0. The fourth-order valence-corrected chi connectivity index (χ4v) is 2.71. The van der Waals surface area contributed by atoms with E-state index in [4.69, 9.17) is 4.74 Å². The van der Waals surface area contributed by atoms with Gasteiger partial charge in [0.1, 0.15) is 6.10 Å². The zero-order valence-electron chi connectivity index (χ0n) is 12.0. The molecule has 2 fully saturated rings. The number of aliphatic hydroxyl groups excluding tert-OH is 1. The molecule has 2 saturated carbocycles. The Kier molecular flexibility index (Phi) is 5.22. The SMILES string of the molecule is CC(OC1CCCCCC1)C(=O)NCC1(CO)CC1. The summed E-state index contributed by atoms with van der Waals surface area (Å²) in [4.78, 5) is 12.0. The van der Waals surface area contributed by atoms with Crippen molar-refractivity contribution in [3.8, 4) is 0 Å². The maximum absolute atomic E-state index is 12.0. The number of nitrogens with one attached hydrogen (secondary N) is 1. The third-order valence-electron chi connectivity index (χ3n) is 4.50. The molecule has 0 aliphatic heterocycles. The van der Waals surface area contributed by atoms with Crippen LogP contribution in [0, 0.1) is 5.41 Å². The van der Waals surface area contributed by atoms with Crippen molar-refractivity contribution in [1.82, 2.24) is 5.32 Å². The highest BCUT2D eigenvalue weighted by Gasteiger charge is 2.42. The summed E-state index contributed by atoms with van der Waals surface area (Å²) in [6, 6.07) is 0. The van der Waals surface area contributed by atoms with Crippen LogP contribution in [0.15, 0.2) is 0 Å². The molecule has 0 bridgehead atoms. The molecule has 0 radical (unpaired) electrons. The second kappa shape index (κ2) is 6.71. The number of ether oxygens (including phenoxy) is 1. The molecule has 2 aliphatic carbocycles. The molecule has 0 spiro atoms. The summed E-state index contributed by atoms with van der Waals surface area (Å²) < 4.78 is 5.88. The molecule has 0 saturated heterocycles. The van der Waals surface area contributed by atoms with E-state index in [9.17, 15) is 9.90 Å². The normalized spacial score (nSPS) is 24.5. The van der Waals surface area contributed by atoms with Crippen LogP contribution in [0.5, 0.6) is 0 Å². The van der Waals surface area contributed by atoms with Crippen molar-refractivity contribution in [3.05, 3.63) is 0 Å². The fraction of sp³-hybridized carbons (Fsp3) is 0.933. The van der Waals surface area contributed by atoms with E-state index in [1.165, 1.54) is 25.7 Å². The van der Waals surface area contributed by atoms with Gasteiger partial charge in [0.2, 0.25) is 5.91 Å². The van der Waals surface area contributed by atoms with Gasteiger partial charge in [-0.05, 0) is 32.6 Å². The lowest BCUT2D eigenvalue weighted by Gasteiger charge is -2.21. The Balaban J connectivity index is 1.69. The average Bonchev–Trinajstić information content (AvgIpc) is 3.21. The quantitative estimate of drug-likeness (QED) is 0.725. The lowest BCUT2D eigenvalue weighted by molar-refractivity contribution is -0.136. The highest BCUT2D eigenvalue weighted by atomic mass is 16.5. The first-order valence-corrected chi connectivity index (χ1v) is 7.69. The molecule has 1 amide bonds. The Hall–Kier alpha value is -0.610. The van der Waals surface area contributed by atoms with Gasteiger partial charge in [0.25, 0.3) is 0 Å². The van der Waals surface area contributed by atoms with Crippen LogP contribution in [0.3, 0.4) is 0 Å². The first kappa shape index (κ1) is 14.8. The number of amides is 1. The Morgan fingerprint density at radius 1 is 1.32 bits per heavy atom. The van der Waals surface area contributed by atoms with Gasteiger partial charge in [-0.3, -0.25) is 4.79 Å². The van der Waals surface area contributed by atoms with Crippen LogP contribution in [0.4, 0.5) is 0 Å². The van der Waals surface area contributed by atoms with Crippen LogP contribution in [-0.4, -0.2) is 36.4 Å². The summed E-state index contributed by atoms with van der Waals surface area (Å²) in [5.41, 5.74) is -0.0301. The summed E-state index contributed by atoms with van der Waals surface area (Å²) >= 11 is 0. The monoisotopic (exact) mass is 269 g/mol. The van der Waals surface area contributed by atoms with E-state index in [-0.39, 0.29) is 30.1 Å². The number of aliphatic hydroxyl groups is 1. The van der Waals surface area contributed by atoms with E-state index in [2.05, 4.69) is 5.32 Å². The van der Waals surface area contributed by atoms with Gasteiger partial charge in [-0.25, -0.2) is 0 Å². The van der Waals surface area contributed by atoms with Crippen LogP contribution in [-0.2, 0) is 9.53 Å². The highest BCUT2D eigenvalue weighted by molar-refractivity contribution is 5.80. The first-order chi connectivity index (χ1) is 9.15. The van der Waals surface area contributed by atoms with Gasteiger partial charge in [-0.1, -0.05) is 25.7 Å². The van der Waals surface area contributed by atoms with Gasteiger partial charge in [-0.15, -0.1) is 0 Å². The van der Waals surface area contributed by atoms with Gasteiger partial charge in [0.15, 0.2) is 0 Å². The lowest BCUT2D eigenvalue weighted by Crippen LogP contribution is -2.40. The molecule has 110 valence electrons. The summed E-state index contributed by atoms with van der Waals surface area (Å²) in [6.07, 6.45) is 9.08. The third-order valence-corrected chi connectivity index (χ3v) is 4.50. The standard InChI is InChI=1S/C15H27NO3/c1-12(19-13-6-4-2-3-5-7-13)14(18)16-10-15(11-17)8-9-15/h12-13,17H,2-11H2,1H3,(H,16,18). The average molecular weight is 269 g/mol. The smallest absolute Gasteiger partial charge is 0.248 e. The molecular formula is C15H27NO3. The zero-order valence-corrected chi connectivity index (χ0v) is 12.0. The van der Waals surface area contributed by atoms with E-state index >= 15 is 0 Å². The van der Waals surface area contributed by atoms with Crippen molar-refractivity contribution in [1.29, 1.82) is 0 Å². The topological polar surface area (TPSA) is 58.6 Å². The van der Waals surface area contributed by atoms with Gasteiger partial charge in [-0.2, -0.15) is 0 Å². The summed E-state index contributed by atoms with van der Waals surface area (Å²) in [5.74, 6) is -0.0380. The van der Waals surface area contributed by atoms with Gasteiger partial charge in [0, 0.05) is 12.0 Å². The van der Waals surface area contributed by atoms with Crippen molar-refractivity contribution in [2.75, 3.05) is 13.2 Å². The molecule has 4 heteroatoms. The molecule has 0 aromatic heterocycles. The second-order valence-electron chi connectivity index (χ2n) is 6.27. The molecule has 0 aromatic rings. The second-order valence-corrected chi connectivity index (χ2v) is 6.27. The number of carbonyl (C=O) groups excluding carboxylic acids is 1. The van der Waals surface area contributed by atoms with Crippen molar-refractivity contribution in [2.45, 2.75) is 70.5 Å². The molecule has 19 heavy (non-hydrogen) atoms. The minimum atomic E-state index is -0.377. The van der Waals surface area contributed by atoms with Crippen LogP contribution >= 0.6 is 0 Å². The Morgan fingerprint density at radius 2 is 1.95 bits per heavy atom. The Morgan fingerprint density at radius 3 is 2.47 bits per heavy atom. The van der Waals surface area contributed by atoms with E-state index in [0.717, 1.165) is 25.7 Å². The number of rotatable bonds is 6. The summed E-state index contributed by atoms with van der Waals surface area (Å²) in [7, 11) is 0. The van der Waals surface area contributed by atoms with Crippen molar-refractivity contribution >= 4 is 5.91 Å². The largest absolute Gasteiger partial charge is 0.396 e. The zero-order chi connectivity index (χ0) is 13.7. The van der Waals surface area contributed by atoms with E-state index < -0.39 is 0 Å². The van der Waals surface area contributed by atoms with Crippen molar-refractivity contribution < 1.29 is 14.6 Å². The summed E-state index contributed by atoms with van der Waals surface area (Å²) in [6.45, 7) is 2.59. The third kappa shape index (κ3) is 4.46. The number of hydrogen-bond donors (Lipinski definition) is 2. The maximum Gasteiger partial charge on any atom is 0.248 e. The van der Waals surface area contributed by atoms with Gasteiger partial charge in [0.05, 0.1) is 12.7 Å². The molecule has 2 N–H and O–H groups in total.